The van der Waals surface area contributed by atoms with E-state index in [0.717, 1.165) is 16.9 Å². The number of nitrogens with one attached hydrogen (secondary N) is 1. The normalized spacial score (nSPS) is 10.4. The van der Waals surface area contributed by atoms with Crippen molar-refractivity contribution in [3.8, 4) is 17.5 Å². The fraction of sp³-hybridized carbons (Fsp3) is 0.0714. The third-order valence-electron chi connectivity index (χ3n) is 2.99. The van der Waals surface area contributed by atoms with Crippen LogP contribution in [0.1, 0.15) is 5.56 Å². The van der Waals surface area contributed by atoms with Crippen LogP contribution in [0.2, 0.25) is 0 Å². The molecule has 0 saturated carbocycles. The van der Waals surface area contributed by atoms with Crippen molar-refractivity contribution >= 4 is 23.4 Å². The van der Waals surface area contributed by atoms with Gasteiger partial charge in [0, 0.05) is 12.3 Å². The summed E-state index contributed by atoms with van der Waals surface area (Å²) in [6.45, 7) is 0. The molecule has 0 unspecified atom stereocenters. The molecule has 6 heteroatoms. The molecule has 0 atom stereocenters. The minimum Gasteiger partial charge on any atom is -0.495 e. The van der Waals surface area contributed by atoms with Crippen LogP contribution in [0.15, 0.2) is 36.5 Å². The minimum atomic E-state index is 0.529. The van der Waals surface area contributed by atoms with E-state index < -0.39 is 0 Å². The molecule has 5 nitrogen and oxygen atoms in total. The molecular formula is C14H10N4OS. The molecule has 2 aromatic heterocycles. The Hall–Kier alpha value is -2.65. The highest BCUT2D eigenvalue weighted by Crippen LogP contribution is 2.27. The maximum Gasteiger partial charge on any atom is 0.184 e. The van der Waals surface area contributed by atoms with Crippen LogP contribution in [-0.4, -0.2) is 21.6 Å². The van der Waals surface area contributed by atoms with Crippen molar-refractivity contribution in [2.24, 2.45) is 0 Å². The summed E-state index contributed by atoms with van der Waals surface area (Å²) in [6, 6.07) is 11.0. The number of pyridine rings is 1. The average molecular weight is 282 g/mol. The van der Waals surface area contributed by atoms with E-state index in [4.69, 9.17) is 22.2 Å². The monoisotopic (exact) mass is 282 g/mol. The van der Waals surface area contributed by atoms with Crippen LogP contribution in [0, 0.1) is 16.1 Å². The van der Waals surface area contributed by atoms with Crippen molar-refractivity contribution in [2.75, 3.05) is 7.11 Å². The average Bonchev–Trinajstić information content (AvgIpc) is 2.82. The van der Waals surface area contributed by atoms with Gasteiger partial charge in [0.05, 0.1) is 29.9 Å². The van der Waals surface area contributed by atoms with Gasteiger partial charge in [0.25, 0.3) is 0 Å². The van der Waals surface area contributed by atoms with Gasteiger partial charge in [0.2, 0.25) is 0 Å². The molecule has 0 spiro atoms. The summed E-state index contributed by atoms with van der Waals surface area (Å²) in [5.74, 6) is 0.576. The summed E-state index contributed by atoms with van der Waals surface area (Å²) >= 11 is 5.35. The van der Waals surface area contributed by atoms with E-state index in [1.165, 1.54) is 0 Å². The summed E-state index contributed by atoms with van der Waals surface area (Å²) in [6.07, 6.45) is 1.71. The predicted molar refractivity (Wildman–Crippen MR) is 77.5 cm³/mol. The standard InChI is InChI=1S/C14H10N4OS/c1-19-12-7-9(8-15)4-5-11(12)18-13-10(17-14(18)20)3-2-6-16-13/h2-7H,1H3,(H,17,20). The lowest BCUT2D eigenvalue weighted by molar-refractivity contribution is 0.413. The number of benzene rings is 1. The molecule has 0 aliphatic carbocycles. The smallest absolute Gasteiger partial charge is 0.184 e. The number of nitrogens with zero attached hydrogens (tertiary/aromatic N) is 3. The molecular weight excluding hydrogens is 272 g/mol. The molecule has 20 heavy (non-hydrogen) atoms. The number of aromatic nitrogens is 3. The Morgan fingerprint density at radius 1 is 1.40 bits per heavy atom. The third-order valence-corrected chi connectivity index (χ3v) is 3.28. The van der Waals surface area contributed by atoms with Crippen molar-refractivity contribution in [2.45, 2.75) is 0 Å². The lowest BCUT2D eigenvalue weighted by Crippen LogP contribution is -1.99. The lowest BCUT2D eigenvalue weighted by atomic mass is 10.2. The number of ether oxygens (including phenoxy) is 1. The molecule has 1 aromatic carbocycles. The predicted octanol–water partition coefficient (Wildman–Crippen LogP) is 2.96. The van der Waals surface area contributed by atoms with E-state index in [-0.39, 0.29) is 0 Å². The maximum atomic E-state index is 8.95. The van der Waals surface area contributed by atoms with Gasteiger partial charge in [-0.3, -0.25) is 4.57 Å². The van der Waals surface area contributed by atoms with Gasteiger partial charge in [-0.15, -0.1) is 0 Å². The molecule has 0 aliphatic heterocycles. The van der Waals surface area contributed by atoms with E-state index in [0.29, 0.717) is 16.1 Å². The Balaban J connectivity index is 2.34. The van der Waals surface area contributed by atoms with Gasteiger partial charge in [-0.25, -0.2) is 4.98 Å². The van der Waals surface area contributed by atoms with Gasteiger partial charge in [0.15, 0.2) is 10.4 Å². The van der Waals surface area contributed by atoms with Crippen molar-refractivity contribution in [3.05, 3.63) is 46.9 Å². The zero-order valence-electron chi connectivity index (χ0n) is 10.6. The first kappa shape index (κ1) is 12.4. The number of nitriles is 1. The van der Waals surface area contributed by atoms with Crippen LogP contribution in [0.5, 0.6) is 5.75 Å². The van der Waals surface area contributed by atoms with Gasteiger partial charge >= 0.3 is 0 Å². The van der Waals surface area contributed by atoms with Crippen molar-refractivity contribution in [1.29, 1.82) is 5.26 Å². The number of H-pyrrole nitrogens is 1. The van der Waals surface area contributed by atoms with E-state index in [1.807, 2.05) is 12.1 Å². The van der Waals surface area contributed by atoms with Crippen LogP contribution < -0.4 is 4.74 Å². The fourth-order valence-corrected chi connectivity index (χ4v) is 2.39. The molecule has 0 radical (unpaired) electrons. The summed E-state index contributed by atoms with van der Waals surface area (Å²) < 4.78 is 7.68. The number of methoxy groups -OCH3 is 1. The van der Waals surface area contributed by atoms with E-state index >= 15 is 0 Å². The summed E-state index contributed by atoms with van der Waals surface area (Å²) in [4.78, 5) is 7.44. The number of rotatable bonds is 2. The van der Waals surface area contributed by atoms with Crippen molar-refractivity contribution < 1.29 is 4.74 Å². The van der Waals surface area contributed by atoms with Gasteiger partial charge in [0.1, 0.15) is 5.75 Å². The second-order valence-corrected chi connectivity index (χ2v) is 4.53. The number of fused-ring (bicyclic) bond motifs is 1. The molecule has 0 fully saturated rings. The highest BCUT2D eigenvalue weighted by molar-refractivity contribution is 7.71. The van der Waals surface area contributed by atoms with Crippen LogP contribution in [0.25, 0.3) is 16.9 Å². The summed E-state index contributed by atoms with van der Waals surface area (Å²) in [7, 11) is 1.56. The van der Waals surface area contributed by atoms with E-state index in [1.54, 1.807) is 36.1 Å². The number of hydrogen-bond acceptors (Lipinski definition) is 4. The Morgan fingerprint density at radius 2 is 2.25 bits per heavy atom. The first-order valence-corrected chi connectivity index (χ1v) is 6.29. The Bertz CT molecular complexity index is 888. The molecule has 1 N–H and O–H groups in total. The number of aromatic amines is 1. The largest absolute Gasteiger partial charge is 0.495 e. The zero-order valence-corrected chi connectivity index (χ0v) is 11.4. The van der Waals surface area contributed by atoms with Gasteiger partial charge in [-0.05, 0) is 36.5 Å². The first-order chi connectivity index (χ1) is 9.74. The lowest BCUT2D eigenvalue weighted by Gasteiger charge is -2.10. The number of imidazole rings is 1. The SMILES string of the molecule is COc1cc(C#N)ccc1-n1c(=S)[nH]c2cccnc21. The molecule has 0 bridgehead atoms. The van der Waals surface area contributed by atoms with Gasteiger partial charge < -0.3 is 9.72 Å². The van der Waals surface area contributed by atoms with E-state index in [2.05, 4.69) is 16.0 Å². The van der Waals surface area contributed by atoms with Gasteiger partial charge in [-0.2, -0.15) is 5.26 Å². The molecule has 3 aromatic rings. The minimum absolute atomic E-state index is 0.529. The van der Waals surface area contributed by atoms with Crippen LogP contribution in [0.3, 0.4) is 0 Å². The molecule has 0 saturated heterocycles. The summed E-state index contributed by atoms with van der Waals surface area (Å²) in [5, 5.41) is 8.95. The quantitative estimate of drug-likeness (QED) is 0.734. The second kappa shape index (κ2) is 4.79. The van der Waals surface area contributed by atoms with Gasteiger partial charge in [-0.1, -0.05) is 0 Å². The van der Waals surface area contributed by atoms with Crippen molar-refractivity contribution in [1.82, 2.24) is 14.5 Å². The highest BCUT2D eigenvalue weighted by Gasteiger charge is 2.12. The highest BCUT2D eigenvalue weighted by atomic mass is 32.1. The van der Waals surface area contributed by atoms with Crippen LogP contribution >= 0.6 is 12.2 Å². The van der Waals surface area contributed by atoms with Crippen molar-refractivity contribution in [3.63, 3.8) is 0 Å². The Labute approximate surface area is 120 Å². The maximum absolute atomic E-state index is 8.95. The number of hydrogen-bond donors (Lipinski definition) is 1. The fourth-order valence-electron chi connectivity index (χ4n) is 2.10. The third kappa shape index (κ3) is 1.85. The molecule has 0 aliphatic rings. The first-order valence-electron chi connectivity index (χ1n) is 5.89. The Morgan fingerprint density at radius 3 is 3.00 bits per heavy atom. The molecule has 3 rings (SSSR count). The molecule has 0 amide bonds. The summed E-state index contributed by atoms with van der Waals surface area (Å²) in [5.41, 5.74) is 2.86. The van der Waals surface area contributed by atoms with Crippen LogP contribution in [-0.2, 0) is 0 Å². The second-order valence-electron chi connectivity index (χ2n) is 4.14. The molecule has 2 heterocycles. The topological polar surface area (TPSA) is 66.6 Å². The van der Waals surface area contributed by atoms with E-state index in [9.17, 15) is 0 Å². The zero-order chi connectivity index (χ0) is 14.1. The Kier molecular flexibility index (Phi) is 2.97. The van der Waals surface area contributed by atoms with Crippen LogP contribution in [0.4, 0.5) is 0 Å². The molecule has 98 valence electrons.